The minimum absolute atomic E-state index is 0.261. The van der Waals surface area contributed by atoms with Crippen molar-refractivity contribution in [1.82, 2.24) is 4.98 Å². The highest BCUT2D eigenvalue weighted by Gasteiger charge is 2.05. The van der Waals surface area contributed by atoms with Gasteiger partial charge in [-0.3, -0.25) is 4.79 Å². The second-order valence-corrected chi connectivity index (χ2v) is 4.80. The zero-order valence-electron chi connectivity index (χ0n) is 11.4. The van der Waals surface area contributed by atoms with Crippen LogP contribution in [0.5, 0.6) is 0 Å². The lowest BCUT2D eigenvalue weighted by atomic mass is 10.1. The average molecular weight is 273 g/mol. The summed E-state index contributed by atoms with van der Waals surface area (Å²) in [7, 11) is 0. The van der Waals surface area contributed by atoms with E-state index >= 15 is 0 Å². The minimum Gasteiger partial charge on any atom is -0.481 e. The molecular weight excluding hydrogens is 254 g/mol. The van der Waals surface area contributed by atoms with Crippen LogP contribution in [-0.4, -0.2) is 16.1 Å². The molecule has 0 saturated carbocycles. The van der Waals surface area contributed by atoms with Gasteiger partial charge in [0.2, 0.25) is 0 Å². The molecule has 0 fully saturated rings. The lowest BCUT2D eigenvalue weighted by Crippen LogP contribution is -1.94. The Labute approximate surface area is 118 Å². The largest absolute Gasteiger partial charge is 0.481 e. The number of carboxylic acid groups (broad SMARTS) is 1. The van der Waals surface area contributed by atoms with E-state index in [-0.39, 0.29) is 6.42 Å². The zero-order chi connectivity index (χ0) is 14.2. The van der Waals surface area contributed by atoms with Gasteiger partial charge in [0.1, 0.15) is 12.0 Å². The number of hydrogen-bond donors (Lipinski definition) is 1. The molecule has 0 aliphatic carbocycles. The third-order valence-electron chi connectivity index (χ3n) is 3.15. The first-order valence-electron chi connectivity index (χ1n) is 6.97. The van der Waals surface area contributed by atoms with E-state index in [1.807, 2.05) is 30.3 Å². The second-order valence-electron chi connectivity index (χ2n) is 4.80. The summed E-state index contributed by atoms with van der Waals surface area (Å²) in [5.41, 5.74) is 1.93. The van der Waals surface area contributed by atoms with Gasteiger partial charge in [-0.1, -0.05) is 43.2 Å². The molecule has 1 heterocycles. The lowest BCUT2D eigenvalue weighted by Gasteiger charge is -1.97. The first kappa shape index (κ1) is 14.3. The van der Waals surface area contributed by atoms with Crippen molar-refractivity contribution < 1.29 is 14.3 Å². The quantitative estimate of drug-likeness (QED) is 0.740. The minimum atomic E-state index is -0.717. The number of oxazole rings is 1. The Kier molecular flexibility index (Phi) is 5.35. The zero-order valence-corrected chi connectivity index (χ0v) is 11.4. The Hall–Kier alpha value is -2.10. The summed E-state index contributed by atoms with van der Waals surface area (Å²) in [6.45, 7) is 0. The van der Waals surface area contributed by atoms with Crippen LogP contribution in [0.3, 0.4) is 0 Å². The number of unbranched alkanes of at least 4 members (excludes halogenated alkanes) is 3. The molecule has 0 aliphatic heterocycles. The Morgan fingerprint density at radius 3 is 2.60 bits per heavy atom. The van der Waals surface area contributed by atoms with Gasteiger partial charge in [0.25, 0.3) is 0 Å². The molecule has 4 nitrogen and oxygen atoms in total. The molecule has 106 valence electrons. The molecule has 0 amide bonds. The van der Waals surface area contributed by atoms with Crippen molar-refractivity contribution in [2.24, 2.45) is 0 Å². The van der Waals surface area contributed by atoms with Crippen LogP contribution in [0, 0.1) is 0 Å². The van der Waals surface area contributed by atoms with Crippen LogP contribution >= 0.6 is 0 Å². The molecule has 1 N–H and O–H groups in total. The predicted molar refractivity (Wildman–Crippen MR) is 76.4 cm³/mol. The number of rotatable bonds is 8. The first-order chi connectivity index (χ1) is 9.75. The molecule has 2 rings (SSSR count). The van der Waals surface area contributed by atoms with Gasteiger partial charge in [0.15, 0.2) is 5.89 Å². The third-order valence-corrected chi connectivity index (χ3v) is 3.15. The van der Waals surface area contributed by atoms with Gasteiger partial charge in [0.05, 0.1) is 0 Å². The number of carbonyl (C=O) groups is 1. The summed E-state index contributed by atoms with van der Waals surface area (Å²) in [6.07, 6.45) is 6.44. The van der Waals surface area contributed by atoms with E-state index in [1.165, 1.54) is 0 Å². The number of benzene rings is 1. The monoisotopic (exact) mass is 273 g/mol. The standard InChI is InChI=1S/C16H19NO3/c18-16(19)11-7-2-1-6-10-15-17-14(12-20-15)13-8-4-3-5-9-13/h3-5,8-9,12H,1-2,6-7,10-11H2,(H,18,19). The SMILES string of the molecule is O=C(O)CCCCCCc1nc(-c2ccccc2)co1. The van der Waals surface area contributed by atoms with Gasteiger partial charge in [0, 0.05) is 18.4 Å². The van der Waals surface area contributed by atoms with Crippen LogP contribution in [-0.2, 0) is 11.2 Å². The third kappa shape index (κ3) is 4.53. The molecule has 0 radical (unpaired) electrons. The summed E-state index contributed by atoms with van der Waals surface area (Å²) in [4.78, 5) is 14.8. The fourth-order valence-electron chi connectivity index (χ4n) is 2.07. The molecule has 1 aromatic heterocycles. The highest BCUT2D eigenvalue weighted by molar-refractivity contribution is 5.66. The van der Waals surface area contributed by atoms with Crippen molar-refractivity contribution in [3.8, 4) is 11.3 Å². The molecule has 0 spiro atoms. The first-order valence-corrected chi connectivity index (χ1v) is 6.97. The molecule has 0 bridgehead atoms. The number of aliphatic carboxylic acids is 1. The van der Waals surface area contributed by atoms with Crippen molar-refractivity contribution in [3.63, 3.8) is 0 Å². The molecule has 2 aromatic rings. The van der Waals surface area contributed by atoms with Crippen molar-refractivity contribution in [2.75, 3.05) is 0 Å². The summed E-state index contributed by atoms with van der Waals surface area (Å²) in [5.74, 6) is 0.0345. The van der Waals surface area contributed by atoms with Gasteiger partial charge in [-0.15, -0.1) is 0 Å². The van der Waals surface area contributed by atoms with E-state index in [0.29, 0.717) is 0 Å². The summed E-state index contributed by atoms with van der Waals surface area (Å²) < 4.78 is 5.46. The molecule has 1 aromatic carbocycles. The smallest absolute Gasteiger partial charge is 0.303 e. The van der Waals surface area contributed by atoms with Crippen LogP contribution in [0.4, 0.5) is 0 Å². The molecule has 0 unspecified atom stereocenters. The van der Waals surface area contributed by atoms with Crippen LogP contribution in [0.1, 0.15) is 38.0 Å². The molecule has 0 saturated heterocycles. The number of carboxylic acids is 1. The molecule has 4 heteroatoms. The normalized spacial score (nSPS) is 10.6. The molecule has 0 atom stereocenters. The van der Waals surface area contributed by atoms with Crippen molar-refractivity contribution in [1.29, 1.82) is 0 Å². The van der Waals surface area contributed by atoms with E-state index in [4.69, 9.17) is 9.52 Å². The number of nitrogens with zero attached hydrogens (tertiary/aromatic N) is 1. The van der Waals surface area contributed by atoms with Gasteiger partial charge >= 0.3 is 5.97 Å². The molecule has 0 aliphatic rings. The lowest BCUT2D eigenvalue weighted by molar-refractivity contribution is -0.137. The maximum Gasteiger partial charge on any atom is 0.303 e. The predicted octanol–water partition coefficient (Wildman–Crippen LogP) is 3.92. The topological polar surface area (TPSA) is 63.3 Å². The fraction of sp³-hybridized carbons (Fsp3) is 0.375. The summed E-state index contributed by atoms with van der Waals surface area (Å²) in [5, 5.41) is 8.53. The maximum atomic E-state index is 10.4. The van der Waals surface area contributed by atoms with Crippen LogP contribution in [0.2, 0.25) is 0 Å². The highest BCUT2D eigenvalue weighted by Crippen LogP contribution is 2.19. The Balaban J connectivity index is 1.72. The van der Waals surface area contributed by atoms with Gasteiger partial charge in [-0.25, -0.2) is 4.98 Å². The Morgan fingerprint density at radius 2 is 1.85 bits per heavy atom. The van der Waals surface area contributed by atoms with E-state index in [0.717, 1.165) is 49.3 Å². The van der Waals surface area contributed by atoms with E-state index in [9.17, 15) is 4.79 Å². The Bertz CT molecular complexity index is 534. The van der Waals surface area contributed by atoms with Gasteiger partial charge in [-0.05, 0) is 12.8 Å². The van der Waals surface area contributed by atoms with Crippen LogP contribution in [0.25, 0.3) is 11.3 Å². The summed E-state index contributed by atoms with van der Waals surface area (Å²) in [6, 6.07) is 9.95. The number of hydrogen-bond acceptors (Lipinski definition) is 3. The van der Waals surface area contributed by atoms with E-state index < -0.39 is 5.97 Å². The Morgan fingerprint density at radius 1 is 1.10 bits per heavy atom. The molecular formula is C16H19NO3. The van der Waals surface area contributed by atoms with Crippen LogP contribution < -0.4 is 0 Å². The fourth-order valence-corrected chi connectivity index (χ4v) is 2.07. The van der Waals surface area contributed by atoms with Crippen molar-refractivity contribution in [3.05, 3.63) is 42.5 Å². The van der Waals surface area contributed by atoms with Crippen molar-refractivity contribution >= 4 is 5.97 Å². The van der Waals surface area contributed by atoms with E-state index in [1.54, 1.807) is 6.26 Å². The highest BCUT2D eigenvalue weighted by atomic mass is 16.4. The van der Waals surface area contributed by atoms with Crippen LogP contribution in [0.15, 0.2) is 41.0 Å². The number of aromatic nitrogens is 1. The summed E-state index contributed by atoms with van der Waals surface area (Å²) >= 11 is 0. The van der Waals surface area contributed by atoms with E-state index in [2.05, 4.69) is 4.98 Å². The van der Waals surface area contributed by atoms with Crippen molar-refractivity contribution in [2.45, 2.75) is 38.5 Å². The second kappa shape index (κ2) is 7.48. The average Bonchev–Trinajstić information content (AvgIpc) is 2.92. The maximum absolute atomic E-state index is 10.4. The van der Waals surface area contributed by atoms with Gasteiger partial charge in [-0.2, -0.15) is 0 Å². The number of aryl methyl sites for hydroxylation is 1. The van der Waals surface area contributed by atoms with Gasteiger partial charge < -0.3 is 9.52 Å². The molecule has 20 heavy (non-hydrogen) atoms.